The van der Waals surface area contributed by atoms with Crippen LogP contribution in [0.4, 0.5) is 0 Å². The lowest BCUT2D eigenvalue weighted by atomic mass is 9.74. The maximum atomic E-state index is 6.10. The van der Waals surface area contributed by atoms with Gasteiger partial charge in [-0.25, -0.2) is 0 Å². The first-order valence-corrected chi connectivity index (χ1v) is 8.54. The second-order valence-corrected chi connectivity index (χ2v) is 6.52. The summed E-state index contributed by atoms with van der Waals surface area (Å²) in [7, 11) is 0. The summed E-state index contributed by atoms with van der Waals surface area (Å²) >= 11 is 0. The highest BCUT2D eigenvalue weighted by Crippen LogP contribution is 2.44. The number of hydrogen-bond acceptors (Lipinski definition) is 6. The average Bonchev–Trinajstić information content (AvgIpc) is 3.30. The molecule has 1 atom stereocenters. The van der Waals surface area contributed by atoms with Crippen LogP contribution in [0.5, 0.6) is 11.5 Å². The zero-order valence-corrected chi connectivity index (χ0v) is 14.1. The Bertz CT molecular complexity index is 722. The number of rotatable bonds is 4. The molecular weight excluding hydrogens is 308 g/mol. The fraction of sp³-hybridized carbons (Fsp3) is 0.556. The molecule has 0 radical (unpaired) electrons. The van der Waals surface area contributed by atoms with E-state index in [1.165, 1.54) is 0 Å². The molecule has 1 saturated heterocycles. The molecule has 1 fully saturated rings. The van der Waals surface area contributed by atoms with Gasteiger partial charge in [0.05, 0.1) is 5.41 Å². The van der Waals surface area contributed by atoms with Crippen LogP contribution in [-0.2, 0) is 10.2 Å². The molecule has 0 N–H and O–H groups in total. The van der Waals surface area contributed by atoms with Crippen molar-refractivity contribution in [1.29, 1.82) is 0 Å². The Labute approximate surface area is 141 Å². The van der Waals surface area contributed by atoms with Crippen molar-refractivity contribution in [3.05, 3.63) is 35.5 Å². The van der Waals surface area contributed by atoms with Gasteiger partial charge in [0.15, 0.2) is 11.5 Å². The zero-order valence-electron chi connectivity index (χ0n) is 14.1. The number of hydrogen-bond donors (Lipinski definition) is 0. The van der Waals surface area contributed by atoms with Gasteiger partial charge in [-0.3, -0.25) is 0 Å². The number of nitrogens with zero attached hydrogens (tertiary/aromatic N) is 2. The van der Waals surface area contributed by atoms with E-state index in [0.717, 1.165) is 36.3 Å². The first kappa shape index (κ1) is 15.4. The average molecular weight is 330 g/mol. The summed E-state index contributed by atoms with van der Waals surface area (Å²) < 4.78 is 22.7. The van der Waals surface area contributed by atoms with Crippen LogP contribution in [0, 0.1) is 0 Å². The van der Waals surface area contributed by atoms with Crippen molar-refractivity contribution >= 4 is 0 Å². The Kier molecular flexibility index (Phi) is 3.92. The Hall–Kier alpha value is -2.08. The van der Waals surface area contributed by atoms with E-state index >= 15 is 0 Å². The maximum Gasteiger partial charge on any atom is 0.231 e. The molecule has 1 aromatic heterocycles. The van der Waals surface area contributed by atoms with Crippen molar-refractivity contribution in [2.24, 2.45) is 0 Å². The van der Waals surface area contributed by atoms with Gasteiger partial charge in [-0.1, -0.05) is 19.9 Å². The molecule has 6 heteroatoms. The number of fused-ring (bicyclic) bond motifs is 1. The lowest BCUT2D eigenvalue weighted by Gasteiger charge is -2.34. The van der Waals surface area contributed by atoms with Gasteiger partial charge in [-0.05, 0) is 37.0 Å². The third-order valence-corrected chi connectivity index (χ3v) is 5.16. The summed E-state index contributed by atoms with van der Waals surface area (Å²) in [5, 5.41) is 8.70. The summed E-state index contributed by atoms with van der Waals surface area (Å²) in [6.07, 6.45) is 2.60. The molecule has 1 aromatic carbocycles. The highest BCUT2D eigenvalue weighted by Gasteiger charge is 2.42. The molecule has 0 bridgehead atoms. The van der Waals surface area contributed by atoms with Crippen LogP contribution in [0.3, 0.4) is 0 Å². The predicted molar refractivity (Wildman–Crippen MR) is 86.4 cm³/mol. The minimum absolute atomic E-state index is 0.264. The van der Waals surface area contributed by atoms with Crippen LogP contribution in [0.2, 0.25) is 0 Å². The fourth-order valence-corrected chi connectivity index (χ4v) is 3.34. The Morgan fingerprint density at radius 1 is 1.12 bits per heavy atom. The van der Waals surface area contributed by atoms with Crippen LogP contribution >= 0.6 is 0 Å². The van der Waals surface area contributed by atoms with Gasteiger partial charge in [-0.2, -0.15) is 0 Å². The van der Waals surface area contributed by atoms with Crippen LogP contribution in [0.15, 0.2) is 22.6 Å². The molecule has 0 spiro atoms. The van der Waals surface area contributed by atoms with Crippen molar-refractivity contribution in [1.82, 2.24) is 10.2 Å². The first-order valence-electron chi connectivity index (χ1n) is 8.54. The second-order valence-electron chi connectivity index (χ2n) is 6.52. The Morgan fingerprint density at radius 2 is 1.92 bits per heavy atom. The van der Waals surface area contributed by atoms with Crippen LogP contribution in [0.25, 0.3) is 0 Å². The van der Waals surface area contributed by atoms with Crippen molar-refractivity contribution < 1.29 is 18.6 Å². The van der Waals surface area contributed by atoms with Gasteiger partial charge in [0.25, 0.3) is 0 Å². The van der Waals surface area contributed by atoms with E-state index in [-0.39, 0.29) is 18.1 Å². The van der Waals surface area contributed by atoms with E-state index in [4.69, 9.17) is 18.6 Å². The zero-order chi connectivity index (χ0) is 16.6. The molecule has 2 aromatic rings. The number of ether oxygens (including phenoxy) is 3. The molecule has 6 nitrogen and oxygen atoms in total. The molecule has 24 heavy (non-hydrogen) atoms. The van der Waals surface area contributed by atoms with E-state index in [9.17, 15) is 0 Å². The first-order chi connectivity index (χ1) is 11.7. The van der Waals surface area contributed by atoms with Gasteiger partial charge in [0, 0.05) is 19.1 Å². The summed E-state index contributed by atoms with van der Waals surface area (Å²) in [6, 6.07) is 6.08. The monoisotopic (exact) mass is 330 g/mol. The lowest BCUT2D eigenvalue weighted by Crippen LogP contribution is -2.35. The third kappa shape index (κ3) is 2.45. The Balaban J connectivity index is 1.76. The van der Waals surface area contributed by atoms with Gasteiger partial charge in [0.1, 0.15) is 0 Å². The fourth-order valence-electron chi connectivity index (χ4n) is 3.34. The molecule has 3 heterocycles. The molecule has 2 aliphatic rings. The molecule has 2 aliphatic heterocycles. The van der Waals surface area contributed by atoms with E-state index in [1.54, 1.807) is 0 Å². The van der Waals surface area contributed by atoms with Crippen molar-refractivity contribution in [2.75, 3.05) is 20.0 Å². The molecule has 0 saturated carbocycles. The largest absolute Gasteiger partial charge is 0.454 e. The van der Waals surface area contributed by atoms with Gasteiger partial charge in [0.2, 0.25) is 18.6 Å². The van der Waals surface area contributed by atoms with E-state index < -0.39 is 0 Å². The van der Waals surface area contributed by atoms with E-state index in [0.29, 0.717) is 25.0 Å². The summed E-state index contributed by atoms with van der Waals surface area (Å²) in [6.45, 7) is 5.85. The quantitative estimate of drug-likeness (QED) is 0.856. The molecule has 0 amide bonds. The standard InChI is InChI=1S/C18H22N2O4/c1-3-12(2)16-19-20-17(24-16)18(6-8-21-9-7-18)13-4-5-14-15(10-13)23-11-22-14/h4-5,10,12H,3,6-9,11H2,1-2H3/t12-/m1/s1. The van der Waals surface area contributed by atoms with Crippen molar-refractivity contribution in [3.8, 4) is 11.5 Å². The van der Waals surface area contributed by atoms with Crippen LogP contribution in [-0.4, -0.2) is 30.2 Å². The minimum atomic E-state index is -0.321. The van der Waals surface area contributed by atoms with E-state index in [1.807, 2.05) is 12.1 Å². The summed E-state index contributed by atoms with van der Waals surface area (Å²) in [5.74, 6) is 3.21. The molecule has 4 rings (SSSR count). The molecule has 128 valence electrons. The summed E-state index contributed by atoms with van der Waals surface area (Å²) in [5.41, 5.74) is 0.798. The Morgan fingerprint density at radius 3 is 2.71 bits per heavy atom. The second kappa shape index (κ2) is 6.09. The van der Waals surface area contributed by atoms with Crippen molar-refractivity contribution in [3.63, 3.8) is 0 Å². The number of benzene rings is 1. The lowest BCUT2D eigenvalue weighted by molar-refractivity contribution is 0.0538. The normalized spacial score (nSPS) is 20.1. The number of aromatic nitrogens is 2. The van der Waals surface area contributed by atoms with Gasteiger partial charge >= 0.3 is 0 Å². The highest BCUT2D eigenvalue weighted by molar-refractivity contribution is 5.48. The highest BCUT2D eigenvalue weighted by atomic mass is 16.7. The minimum Gasteiger partial charge on any atom is -0.454 e. The van der Waals surface area contributed by atoms with Gasteiger partial charge in [-0.15, -0.1) is 10.2 Å². The smallest absolute Gasteiger partial charge is 0.231 e. The van der Waals surface area contributed by atoms with Gasteiger partial charge < -0.3 is 18.6 Å². The van der Waals surface area contributed by atoms with E-state index in [2.05, 4.69) is 30.1 Å². The van der Waals surface area contributed by atoms with Crippen LogP contribution < -0.4 is 9.47 Å². The topological polar surface area (TPSA) is 66.6 Å². The molecule has 0 aliphatic carbocycles. The third-order valence-electron chi connectivity index (χ3n) is 5.16. The molecular formula is C18H22N2O4. The SMILES string of the molecule is CC[C@@H](C)c1nnc(C2(c3ccc4c(c3)OCO4)CCOCC2)o1. The summed E-state index contributed by atoms with van der Waals surface area (Å²) in [4.78, 5) is 0. The van der Waals surface area contributed by atoms with Crippen molar-refractivity contribution in [2.45, 2.75) is 44.4 Å². The van der Waals surface area contributed by atoms with Crippen LogP contribution in [0.1, 0.15) is 56.4 Å². The predicted octanol–water partition coefficient (Wildman–Crippen LogP) is 3.41. The maximum absolute atomic E-state index is 6.10. The molecule has 0 unspecified atom stereocenters.